The summed E-state index contributed by atoms with van der Waals surface area (Å²) in [4.78, 5) is 26.9. The number of pyridine rings is 1. The summed E-state index contributed by atoms with van der Waals surface area (Å²) >= 11 is 0. The first kappa shape index (κ1) is 26.7. The van der Waals surface area contributed by atoms with Crippen molar-refractivity contribution in [3.8, 4) is 0 Å². The van der Waals surface area contributed by atoms with Gasteiger partial charge in [-0.3, -0.25) is 4.79 Å². The van der Waals surface area contributed by atoms with Crippen LogP contribution >= 0.6 is 0 Å². The smallest absolute Gasteiger partial charge is 0.341 e. The van der Waals surface area contributed by atoms with Crippen LogP contribution in [0.2, 0.25) is 0 Å². The molecule has 6 heteroatoms. The molecule has 1 N–H and O–H groups in total. The summed E-state index contributed by atoms with van der Waals surface area (Å²) in [7, 11) is 2.07. The zero-order valence-electron chi connectivity index (χ0n) is 22.3. The highest BCUT2D eigenvalue weighted by atomic mass is 16.5. The summed E-state index contributed by atoms with van der Waals surface area (Å²) in [6.07, 6.45) is 4.55. The van der Waals surface area contributed by atoms with Gasteiger partial charge in [0.1, 0.15) is 5.56 Å². The summed E-state index contributed by atoms with van der Waals surface area (Å²) in [6.45, 7) is 15.0. The quantitative estimate of drug-likeness (QED) is 0.611. The highest BCUT2D eigenvalue weighted by Gasteiger charge is 2.35. The predicted molar refractivity (Wildman–Crippen MR) is 141 cm³/mol. The lowest BCUT2D eigenvalue weighted by Crippen LogP contribution is -2.46. The molecule has 0 aliphatic carbocycles. The van der Waals surface area contributed by atoms with Crippen LogP contribution in [0.15, 0.2) is 35.3 Å². The largest absolute Gasteiger partial charge is 0.477 e. The molecule has 0 amide bonds. The number of aromatic nitrogens is 1. The second-order valence-electron chi connectivity index (χ2n) is 10.8. The van der Waals surface area contributed by atoms with Crippen molar-refractivity contribution in [2.24, 2.45) is 5.41 Å². The molecule has 3 rings (SSSR count). The molecule has 1 aliphatic rings. The standard InChI is InChI=1S/C29H40N2O4/c1-8-35-15-10-9-12-20-13-11-14-21(26(20)19(2)3)27-23-16-24(32)22(28(33)34)17-31(23)25(18-30(27)7)29(4,5)6/h11,13-14,16-17,25H,8-10,12,15,18H2,1-7H3,(H,33,34)/b27-21-. The Kier molecular flexibility index (Phi) is 8.26. The van der Waals surface area contributed by atoms with Crippen LogP contribution < -0.4 is 15.9 Å². The van der Waals surface area contributed by atoms with Crippen molar-refractivity contribution in [3.05, 3.63) is 67.9 Å². The van der Waals surface area contributed by atoms with Gasteiger partial charge >= 0.3 is 5.97 Å². The maximum atomic E-state index is 12.8. The second kappa shape index (κ2) is 10.8. The maximum absolute atomic E-state index is 12.8. The van der Waals surface area contributed by atoms with Crippen LogP contribution in [0.3, 0.4) is 0 Å². The number of aryl methyl sites for hydroxylation is 1. The van der Waals surface area contributed by atoms with Crippen molar-refractivity contribution < 1.29 is 14.6 Å². The van der Waals surface area contributed by atoms with Crippen molar-refractivity contribution in [3.63, 3.8) is 0 Å². The maximum Gasteiger partial charge on any atom is 0.341 e. The Bertz CT molecular complexity index is 1260. The van der Waals surface area contributed by atoms with Crippen LogP contribution in [-0.2, 0) is 11.2 Å². The van der Waals surface area contributed by atoms with E-state index in [1.165, 1.54) is 22.4 Å². The summed E-state index contributed by atoms with van der Waals surface area (Å²) < 4.78 is 7.52. The number of benzene rings is 1. The minimum atomic E-state index is -1.19. The van der Waals surface area contributed by atoms with E-state index < -0.39 is 11.4 Å². The number of hydrogen-bond acceptors (Lipinski definition) is 4. The van der Waals surface area contributed by atoms with E-state index in [9.17, 15) is 14.7 Å². The molecular weight excluding hydrogens is 440 g/mol. The van der Waals surface area contributed by atoms with Gasteiger partial charge in [-0.15, -0.1) is 0 Å². The van der Waals surface area contributed by atoms with E-state index in [-0.39, 0.29) is 17.0 Å². The number of hydrogen-bond donors (Lipinski definition) is 1. The van der Waals surface area contributed by atoms with Gasteiger partial charge in [-0.2, -0.15) is 0 Å². The number of rotatable bonds is 7. The van der Waals surface area contributed by atoms with Gasteiger partial charge in [0.2, 0.25) is 0 Å². The monoisotopic (exact) mass is 480 g/mol. The molecule has 2 aromatic rings. The molecule has 1 aromatic heterocycles. The second-order valence-corrected chi connectivity index (χ2v) is 10.8. The first-order valence-corrected chi connectivity index (χ1v) is 12.6. The molecule has 1 unspecified atom stereocenters. The van der Waals surface area contributed by atoms with E-state index in [0.717, 1.165) is 49.1 Å². The third-order valence-corrected chi connectivity index (χ3v) is 6.81. The molecule has 1 atom stereocenters. The lowest BCUT2D eigenvalue weighted by molar-refractivity contribution is 0.0693. The first-order valence-electron chi connectivity index (χ1n) is 12.6. The van der Waals surface area contributed by atoms with Crippen LogP contribution in [-0.4, -0.2) is 47.3 Å². The van der Waals surface area contributed by atoms with Gasteiger partial charge in [0.25, 0.3) is 0 Å². The molecule has 0 radical (unpaired) electrons. The molecule has 35 heavy (non-hydrogen) atoms. The van der Waals surface area contributed by atoms with E-state index in [1.807, 2.05) is 11.5 Å². The fraction of sp³-hybridized carbons (Fsp3) is 0.517. The number of carboxylic acid groups (broad SMARTS) is 1. The number of ether oxygens (including phenoxy) is 1. The number of fused-ring (bicyclic) bond motifs is 1. The number of nitrogens with zero attached hydrogens (tertiary/aromatic N) is 2. The Morgan fingerprint density at radius 2 is 1.91 bits per heavy atom. The molecule has 1 aliphatic heterocycles. The third kappa shape index (κ3) is 5.69. The van der Waals surface area contributed by atoms with Crippen LogP contribution in [0.4, 0.5) is 0 Å². The Labute approximate surface area is 208 Å². The molecule has 0 fully saturated rings. The zero-order chi connectivity index (χ0) is 25.9. The van der Waals surface area contributed by atoms with E-state index >= 15 is 0 Å². The molecule has 0 bridgehead atoms. The van der Waals surface area contributed by atoms with Gasteiger partial charge in [0.15, 0.2) is 5.43 Å². The van der Waals surface area contributed by atoms with Crippen LogP contribution in [0.25, 0.3) is 11.3 Å². The summed E-state index contributed by atoms with van der Waals surface area (Å²) in [5.74, 6) is -1.19. The Morgan fingerprint density at radius 3 is 2.51 bits per heavy atom. The molecule has 6 nitrogen and oxygen atoms in total. The zero-order valence-corrected chi connectivity index (χ0v) is 22.3. The van der Waals surface area contributed by atoms with Gasteiger partial charge in [-0.1, -0.05) is 44.5 Å². The summed E-state index contributed by atoms with van der Waals surface area (Å²) in [5.41, 5.74) is 3.46. The molecular formula is C29H40N2O4. The van der Waals surface area contributed by atoms with Gasteiger partial charge in [0.05, 0.1) is 17.4 Å². The molecule has 0 saturated carbocycles. The van der Waals surface area contributed by atoms with Crippen LogP contribution in [0.5, 0.6) is 0 Å². The fourth-order valence-electron chi connectivity index (χ4n) is 5.09. The van der Waals surface area contributed by atoms with E-state index in [1.54, 1.807) is 6.20 Å². The molecule has 190 valence electrons. The van der Waals surface area contributed by atoms with Crippen LogP contribution in [0.1, 0.15) is 82.0 Å². The third-order valence-electron chi connectivity index (χ3n) is 6.81. The Balaban J connectivity index is 2.31. The van der Waals surface area contributed by atoms with Gasteiger partial charge in [-0.05, 0) is 56.2 Å². The van der Waals surface area contributed by atoms with Gasteiger partial charge < -0.3 is 19.3 Å². The average Bonchev–Trinajstić information content (AvgIpc) is 2.77. The van der Waals surface area contributed by atoms with E-state index in [2.05, 4.69) is 64.8 Å². The minimum absolute atomic E-state index is 0.0156. The lowest BCUT2D eigenvalue weighted by Gasteiger charge is -2.43. The van der Waals surface area contributed by atoms with Crippen molar-refractivity contribution in [1.82, 2.24) is 9.47 Å². The van der Waals surface area contributed by atoms with Crippen molar-refractivity contribution in [2.75, 3.05) is 26.8 Å². The van der Waals surface area contributed by atoms with Gasteiger partial charge in [0, 0.05) is 44.3 Å². The first-order chi connectivity index (χ1) is 16.5. The average molecular weight is 481 g/mol. The SMILES string of the molecule is CCOCCCCc1ccc/c(=C2\c3cc(=O)c(C(=O)O)cn3C(C(C)(C)C)CN2C)c1=C(C)C. The van der Waals surface area contributed by atoms with Crippen LogP contribution in [0, 0.1) is 5.41 Å². The number of unbranched alkanes of at least 4 members (excludes halogenated alkanes) is 1. The molecule has 0 saturated heterocycles. The number of carboxylic acids is 1. The minimum Gasteiger partial charge on any atom is -0.477 e. The number of likely N-dealkylation sites (N-methyl/N-ethyl adjacent to an activating group) is 1. The highest BCUT2D eigenvalue weighted by Crippen LogP contribution is 2.37. The van der Waals surface area contributed by atoms with E-state index in [0.29, 0.717) is 6.54 Å². The Morgan fingerprint density at radius 1 is 1.20 bits per heavy atom. The number of carbonyl (C=O) groups is 1. The van der Waals surface area contributed by atoms with Crippen molar-refractivity contribution >= 4 is 17.2 Å². The molecule has 2 heterocycles. The fourth-order valence-corrected chi connectivity index (χ4v) is 5.09. The van der Waals surface area contributed by atoms with E-state index in [4.69, 9.17) is 4.74 Å². The predicted octanol–water partition coefficient (Wildman–Crippen LogP) is 3.79. The van der Waals surface area contributed by atoms with Crippen molar-refractivity contribution in [2.45, 2.75) is 66.8 Å². The van der Waals surface area contributed by atoms with Crippen molar-refractivity contribution in [1.29, 1.82) is 0 Å². The Hall–Kier alpha value is -2.86. The lowest BCUT2D eigenvalue weighted by atomic mass is 9.84. The molecule has 1 aromatic carbocycles. The molecule has 0 spiro atoms. The van der Waals surface area contributed by atoms with Gasteiger partial charge in [-0.25, -0.2) is 4.79 Å². The summed E-state index contributed by atoms with van der Waals surface area (Å²) in [5, 5.41) is 11.9. The topological polar surface area (TPSA) is 71.8 Å². The normalized spacial score (nSPS) is 17.3. The highest BCUT2D eigenvalue weighted by molar-refractivity contribution is 5.87. The number of aromatic carboxylic acids is 1. The summed E-state index contributed by atoms with van der Waals surface area (Å²) in [6, 6.07) is 7.92.